The second kappa shape index (κ2) is 5.81. The standard InChI is InChI=1S/C15H21N3O3/c16-11-5-14-13(18-15(20)8-21-14)6-12(11)17-7-9-1-3-10(19)4-2-9/h5-6,9-10,17,19H,1-4,7-8,16H2,(H,18,20). The maximum atomic E-state index is 11.3. The lowest BCUT2D eigenvalue weighted by molar-refractivity contribution is -0.118. The van der Waals surface area contributed by atoms with Gasteiger partial charge >= 0.3 is 0 Å². The SMILES string of the molecule is Nc1cc2c(cc1NCC1CCC(O)CC1)NC(=O)CO2. The highest BCUT2D eigenvalue weighted by molar-refractivity contribution is 5.97. The highest BCUT2D eigenvalue weighted by Gasteiger charge is 2.21. The maximum absolute atomic E-state index is 11.3. The molecular formula is C15H21N3O3. The number of aliphatic hydroxyl groups is 1. The van der Waals surface area contributed by atoms with Crippen LogP contribution < -0.4 is 21.1 Å². The molecule has 6 heteroatoms. The lowest BCUT2D eigenvalue weighted by Gasteiger charge is -2.26. The number of ether oxygens (including phenoxy) is 1. The number of hydrogen-bond acceptors (Lipinski definition) is 5. The van der Waals surface area contributed by atoms with E-state index in [-0.39, 0.29) is 18.6 Å². The molecule has 0 spiro atoms. The van der Waals surface area contributed by atoms with Gasteiger partial charge in [0.05, 0.1) is 23.2 Å². The van der Waals surface area contributed by atoms with E-state index in [1.165, 1.54) is 0 Å². The average Bonchev–Trinajstić information content (AvgIpc) is 2.47. The number of nitrogens with two attached hydrogens (primary N) is 1. The minimum absolute atomic E-state index is 0.0314. The van der Waals surface area contributed by atoms with Crippen LogP contribution in [0.3, 0.4) is 0 Å². The molecule has 1 aliphatic carbocycles. The van der Waals surface area contributed by atoms with Gasteiger partial charge in [0.15, 0.2) is 6.61 Å². The summed E-state index contributed by atoms with van der Waals surface area (Å²) in [5.74, 6) is 1.01. The first kappa shape index (κ1) is 14.0. The van der Waals surface area contributed by atoms with Crippen LogP contribution in [-0.2, 0) is 4.79 Å². The smallest absolute Gasteiger partial charge is 0.262 e. The second-order valence-corrected chi connectivity index (χ2v) is 5.83. The lowest BCUT2D eigenvalue weighted by atomic mass is 9.87. The molecule has 6 nitrogen and oxygen atoms in total. The van der Waals surface area contributed by atoms with Crippen LogP contribution in [0.4, 0.5) is 17.1 Å². The first-order valence-electron chi connectivity index (χ1n) is 7.40. The zero-order valence-electron chi connectivity index (χ0n) is 11.9. The van der Waals surface area contributed by atoms with Gasteiger partial charge in [-0.3, -0.25) is 4.79 Å². The number of amides is 1. The third-order valence-electron chi connectivity index (χ3n) is 4.18. The van der Waals surface area contributed by atoms with Crippen molar-refractivity contribution in [2.24, 2.45) is 5.92 Å². The number of fused-ring (bicyclic) bond motifs is 1. The van der Waals surface area contributed by atoms with Crippen molar-refractivity contribution in [2.45, 2.75) is 31.8 Å². The van der Waals surface area contributed by atoms with Crippen molar-refractivity contribution in [1.82, 2.24) is 0 Å². The van der Waals surface area contributed by atoms with Crippen molar-refractivity contribution in [3.05, 3.63) is 12.1 Å². The molecule has 1 amide bonds. The van der Waals surface area contributed by atoms with Crippen LogP contribution in [0.25, 0.3) is 0 Å². The molecule has 1 saturated carbocycles. The van der Waals surface area contributed by atoms with Gasteiger partial charge in [0, 0.05) is 12.6 Å². The van der Waals surface area contributed by atoms with Gasteiger partial charge < -0.3 is 26.2 Å². The summed E-state index contributed by atoms with van der Waals surface area (Å²) in [6.45, 7) is 0.855. The summed E-state index contributed by atoms with van der Waals surface area (Å²) in [6.07, 6.45) is 3.66. The van der Waals surface area contributed by atoms with Gasteiger partial charge in [-0.1, -0.05) is 0 Å². The fourth-order valence-corrected chi connectivity index (χ4v) is 2.90. The highest BCUT2D eigenvalue weighted by atomic mass is 16.5. The summed E-state index contributed by atoms with van der Waals surface area (Å²) in [5.41, 5.74) is 8.10. The molecule has 0 saturated heterocycles. The molecule has 0 atom stereocenters. The number of aliphatic hydroxyl groups excluding tert-OH is 1. The Hall–Kier alpha value is -1.95. The van der Waals surface area contributed by atoms with Gasteiger partial charge in [0.25, 0.3) is 5.91 Å². The largest absolute Gasteiger partial charge is 0.482 e. The van der Waals surface area contributed by atoms with Gasteiger partial charge in [-0.25, -0.2) is 0 Å². The monoisotopic (exact) mass is 291 g/mol. The van der Waals surface area contributed by atoms with Crippen LogP contribution in [0.2, 0.25) is 0 Å². The summed E-state index contributed by atoms with van der Waals surface area (Å²) >= 11 is 0. The molecule has 1 heterocycles. The number of carbonyl (C=O) groups is 1. The van der Waals surface area contributed by atoms with Crippen LogP contribution in [0.1, 0.15) is 25.7 Å². The predicted octanol–water partition coefficient (Wildman–Crippen LogP) is 1.56. The summed E-state index contributed by atoms with van der Waals surface area (Å²) < 4.78 is 5.33. The Bertz CT molecular complexity index is 539. The van der Waals surface area contributed by atoms with Crippen LogP contribution in [0.5, 0.6) is 5.75 Å². The van der Waals surface area contributed by atoms with E-state index in [2.05, 4.69) is 10.6 Å². The zero-order chi connectivity index (χ0) is 14.8. The molecule has 0 unspecified atom stereocenters. The number of nitrogen functional groups attached to an aromatic ring is 1. The van der Waals surface area contributed by atoms with Crippen LogP contribution in [0.15, 0.2) is 12.1 Å². The van der Waals surface area contributed by atoms with E-state index in [4.69, 9.17) is 10.5 Å². The van der Waals surface area contributed by atoms with Crippen molar-refractivity contribution in [3.8, 4) is 5.75 Å². The van der Waals surface area contributed by atoms with Crippen LogP contribution in [-0.4, -0.2) is 30.3 Å². The molecule has 0 aromatic heterocycles. The van der Waals surface area contributed by atoms with Gasteiger partial charge in [0.1, 0.15) is 5.75 Å². The zero-order valence-corrected chi connectivity index (χ0v) is 11.9. The first-order chi connectivity index (χ1) is 10.1. The number of anilines is 3. The fraction of sp³-hybridized carbons (Fsp3) is 0.533. The summed E-state index contributed by atoms with van der Waals surface area (Å²) in [6, 6.07) is 3.56. The van der Waals surface area contributed by atoms with Gasteiger partial charge in [0.2, 0.25) is 0 Å². The van der Waals surface area contributed by atoms with Gasteiger partial charge in [-0.05, 0) is 37.7 Å². The average molecular weight is 291 g/mol. The van der Waals surface area contributed by atoms with Crippen molar-refractivity contribution >= 4 is 23.0 Å². The summed E-state index contributed by atoms with van der Waals surface area (Å²) in [4.78, 5) is 11.3. The predicted molar refractivity (Wildman–Crippen MR) is 81.4 cm³/mol. The molecule has 0 radical (unpaired) electrons. The third-order valence-corrected chi connectivity index (χ3v) is 4.18. The number of rotatable bonds is 3. The molecule has 5 N–H and O–H groups in total. The van der Waals surface area contributed by atoms with Crippen molar-refractivity contribution < 1.29 is 14.6 Å². The molecule has 1 fully saturated rings. The van der Waals surface area contributed by atoms with Gasteiger partial charge in [-0.2, -0.15) is 0 Å². The molecule has 0 bridgehead atoms. The molecule has 114 valence electrons. The molecular weight excluding hydrogens is 270 g/mol. The van der Waals surface area contributed by atoms with E-state index in [0.29, 0.717) is 23.0 Å². The molecule has 1 aromatic carbocycles. The minimum atomic E-state index is -0.153. The lowest BCUT2D eigenvalue weighted by Crippen LogP contribution is -2.26. The van der Waals surface area contributed by atoms with E-state index in [9.17, 15) is 9.90 Å². The molecule has 3 rings (SSSR count). The van der Waals surface area contributed by atoms with E-state index < -0.39 is 0 Å². The molecule has 1 aliphatic heterocycles. The van der Waals surface area contributed by atoms with Crippen LogP contribution >= 0.6 is 0 Å². The minimum Gasteiger partial charge on any atom is -0.482 e. The number of benzene rings is 1. The highest BCUT2D eigenvalue weighted by Crippen LogP contribution is 2.35. The van der Waals surface area contributed by atoms with E-state index in [1.807, 2.05) is 6.07 Å². The Kier molecular flexibility index (Phi) is 3.88. The quantitative estimate of drug-likeness (QED) is 0.634. The number of nitrogens with one attached hydrogen (secondary N) is 2. The summed E-state index contributed by atoms with van der Waals surface area (Å²) in [7, 11) is 0. The Labute approximate surface area is 123 Å². The third kappa shape index (κ3) is 3.21. The Morgan fingerprint density at radius 2 is 2.10 bits per heavy atom. The fourth-order valence-electron chi connectivity index (χ4n) is 2.90. The van der Waals surface area contributed by atoms with E-state index >= 15 is 0 Å². The number of carbonyl (C=O) groups excluding carboxylic acids is 1. The second-order valence-electron chi connectivity index (χ2n) is 5.83. The normalized spacial score (nSPS) is 24.7. The Morgan fingerprint density at radius 1 is 1.33 bits per heavy atom. The van der Waals surface area contributed by atoms with E-state index in [0.717, 1.165) is 37.9 Å². The molecule has 2 aliphatic rings. The van der Waals surface area contributed by atoms with Crippen LogP contribution in [0, 0.1) is 5.92 Å². The molecule has 21 heavy (non-hydrogen) atoms. The topological polar surface area (TPSA) is 96.6 Å². The number of hydrogen-bond donors (Lipinski definition) is 4. The van der Waals surface area contributed by atoms with Crippen molar-refractivity contribution in [1.29, 1.82) is 0 Å². The van der Waals surface area contributed by atoms with Gasteiger partial charge in [-0.15, -0.1) is 0 Å². The summed E-state index contributed by atoms with van der Waals surface area (Å²) in [5, 5.41) is 15.6. The maximum Gasteiger partial charge on any atom is 0.262 e. The van der Waals surface area contributed by atoms with Crippen molar-refractivity contribution in [3.63, 3.8) is 0 Å². The Morgan fingerprint density at radius 3 is 2.86 bits per heavy atom. The first-order valence-corrected chi connectivity index (χ1v) is 7.40. The van der Waals surface area contributed by atoms with Crippen molar-refractivity contribution in [2.75, 3.05) is 29.5 Å². The molecule has 1 aromatic rings. The Balaban J connectivity index is 1.65. The van der Waals surface area contributed by atoms with E-state index in [1.54, 1.807) is 6.07 Å².